The molecule has 1 aliphatic carbocycles. The summed E-state index contributed by atoms with van der Waals surface area (Å²) in [5.74, 6) is -1.21. The minimum absolute atomic E-state index is 0.114. The Kier molecular flexibility index (Phi) is 4.67. The maximum atomic E-state index is 14.0. The number of fused-ring (bicyclic) bond motifs is 4. The van der Waals surface area contributed by atoms with Crippen LogP contribution in [0.1, 0.15) is 17.7 Å². The second kappa shape index (κ2) is 7.25. The van der Waals surface area contributed by atoms with Crippen molar-refractivity contribution >= 4 is 55.2 Å². The van der Waals surface area contributed by atoms with Crippen molar-refractivity contribution in [1.82, 2.24) is 9.55 Å². The number of nitrogens with zero attached hydrogens (tertiary/aromatic N) is 3. The van der Waals surface area contributed by atoms with Crippen LogP contribution in [-0.2, 0) is 24.2 Å². The number of rotatable bonds is 4. The summed E-state index contributed by atoms with van der Waals surface area (Å²) in [4.78, 5) is 18.3. The number of thiazole rings is 1. The molecule has 0 bridgehead atoms. The lowest BCUT2D eigenvalue weighted by atomic mass is 9.90. The minimum atomic E-state index is -0.897. The largest absolute Gasteiger partial charge is 0.480 e. The van der Waals surface area contributed by atoms with Crippen molar-refractivity contribution in [2.75, 3.05) is 11.9 Å². The molecule has 1 N–H and O–H groups in total. The molecule has 1 atom stereocenters. The minimum Gasteiger partial charge on any atom is -0.480 e. The normalized spacial score (nSPS) is 16.2. The van der Waals surface area contributed by atoms with E-state index < -0.39 is 5.97 Å². The van der Waals surface area contributed by atoms with Crippen LogP contribution in [0.4, 0.5) is 9.52 Å². The Morgan fingerprint density at radius 2 is 2.20 bits per heavy atom. The highest BCUT2D eigenvalue weighted by atomic mass is 35.5. The Balaban J connectivity index is 1.52. The number of carboxylic acids is 1. The van der Waals surface area contributed by atoms with Crippen LogP contribution in [0.25, 0.3) is 21.1 Å². The summed E-state index contributed by atoms with van der Waals surface area (Å²) in [6.45, 7) is -0.114. The van der Waals surface area contributed by atoms with E-state index in [4.69, 9.17) is 16.6 Å². The molecule has 0 fully saturated rings. The van der Waals surface area contributed by atoms with Crippen molar-refractivity contribution in [3.8, 4) is 0 Å². The monoisotopic (exact) mass is 443 g/mol. The average molecular weight is 444 g/mol. The Labute approximate surface area is 181 Å². The topological polar surface area (TPSA) is 58.4 Å². The number of anilines is 1. The van der Waals surface area contributed by atoms with Gasteiger partial charge < -0.3 is 14.6 Å². The van der Waals surface area contributed by atoms with Crippen LogP contribution in [0.15, 0.2) is 36.4 Å². The highest BCUT2D eigenvalue weighted by molar-refractivity contribution is 7.22. The van der Waals surface area contributed by atoms with Crippen LogP contribution < -0.4 is 4.90 Å². The molecule has 5 rings (SSSR count). The van der Waals surface area contributed by atoms with Gasteiger partial charge in [-0.05, 0) is 61.2 Å². The predicted octanol–water partition coefficient (Wildman–Crippen LogP) is 5.12. The quantitative estimate of drug-likeness (QED) is 0.475. The molecule has 30 heavy (non-hydrogen) atoms. The summed E-state index contributed by atoms with van der Waals surface area (Å²) in [5, 5.41) is 11.7. The van der Waals surface area contributed by atoms with E-state index >= 15 is 0 Å². The van der Waals surface area contributed by atoms with Gasteiger partial charge in [-0.3, -0.25) is 4.79 Å². The zero-order valence-electron chi connectivity index (χ0n) is 16.2. The maximum absolute atomic E-state index is 14.0. The summed E-state index contributed by atoms with van der Waals surface area (Å²) in [7, 11) is 2.03. The fourth-order valence-corrected chi connectivity index (χ4v) is 5.59. The van der Waals surface area contributed by atoms with Gasteiger partial charge in [0.2, 0.25) is 0 Å². The Bertz CT molecular complexity index is 1300. The highest BCUT2D eigenvalue weighted by Crippen LogP contribution is 2.37. The first-order valence-corrected chi connectivity index (χ1v) is 10.9. The number of hydrogen-bond acceptors (Lipinski definition) is 4. The van der Waals surface area contributed by atoms with Crippen LogP contribution in [0.3, 0.4) is 0 Å². The second-order valence-corrected chi connectivity index (χ2v) is 9.13. The van der Waals surface area contributed by atoms with E-state index in [0.717, 1.165) is 56.8 Å². The van der Waals surface area contributed by atoms with E-state index in [9.17, 15) is 14.3 Å². The third kappa shape index (κ3) is 3.22. The Hall–Kier alpha value is -2.64. The molecule has 0 spiro atoms. The molecule has 4 aromatic rings. The number of carboxylic acid groups (broad SMARTS) is 1. The molecule has 0 aliphatic heterocycles. The average Bonchev–Trinajstić information content (AvgIpc) is 3.26. The van der Waals surface area contributed by atoms with Crippen LogP contribution in [0.2, 0.25) is 5.02 Å². The Morgan fingerprint density at radius 3 is 3.00 bits per heavy atom. The van der Waals surface area contributed by atoms with Crippen LogP contribution in [0.5, 0.6) is 0 Å². The lowest BCUT2D eigenvalue weighted by molar-refractivity contribution is -0.137. The van der Waals surface area contributed by atoms with Gasteiger partial charge in [0.25, 0.3) is 0 Å². The molecule has 2 aromatic heterocycles. The van der Waals surface area contributed by atoms with E-state index in [2.05, 4.69) is 4.90 Å². The molecule has 5 nitrogen and oxygen atoms in total. The summed E-state index contributed by atoms with van der Waals surface area (Å²) < 4.78 is 16.9. The number of carbonyl (C=O) groups is 1. The van der Waals surface area contributed by atoms with Gasteiger partial charge in [0, 0.05) is 34.7 Å². The number of aliphatic carboxylic acids is 1. The molecule has 2 aromatic carbocycles. The van der Waals surface area contributed by atoms with Crippen molar-refractivity contribution in [2.45, 2.75) is 31.8 Å². The van der Waals surface area contributed by atoms with Gasteiger partial charge in [0.1, 0.15) is 12.4 Å². The first-order chi connectivity index (χ1) is 14.4. The summed E-state index contributed by atoms with van der Waals surface area (Å²) in [6.07, 6.45) is 2.33. The van der Waals surface area contributed by atoms with E-state index in [1.807, 2.05) is 29.8 Å². The number of aromatic nitrogens is 2. The molecular formula is C22H19ClFN3O2S. The lowest BCUT2D eigenvalue weighted by Crippen LogP contribution is -2.36. The van der Waals surface area contributed by atoms with Crippen molar-refractivity contribution in [3.05, 3.63) is 58.5 Å². The zero-order chi connectivity index (χ0) is 21.0. The lowest BCUT2D eigenvalue weighted by Gasteiger charge is -2.31. The van der Waals surface area contributed by atoms with Crippen LogP contribution in [0, 0.1) is 5.82 Å². The van der Waals surface area contributed by atoms with Gasteiger partial charge in [-0.2, -0.15) is 0 Å². The van der Waals surface area contributed by atoms with E-state index in [1.165, 1.54) is 12.1 Å². The molecule has 154 valence electrons. The fourth-order valence-electron chi connectivity index (χ4n) is 4.45. The number of benzene rings is 2. The van der Waals surface area contributed by atoms with Crippen molar-refractivity contribution < 1.29 is 14.3 Å². The molecule has 1 aliphatic rings. The molecule has 0 saturated heterocycles. The maximum Gasteiger partial charge on any atom is 0.323 e. The van der Waals surface area contributed by atoms with Crippen LogP contribution in [-0.4, -0.2) is 33.7 Å². The number of likely N-dealkylation sites (N-methyl/N-ethyl adjacent to an activating group) is 1. The molecule has 0 radical (unpaired) electrons. The smallest absolute Gasteiger partial charge is 0.323 e. The number of halogens is 2. The highest BCUT2D eigenvalue weighted by Gasteiger charge is 2.29. The predicted molar refractivity (Wildman–Crippen MR) is 118 cm³/mol. The third-order valence-corrected chi connectivity index (χ3v) is 7.25. The summed E-state index contributed by atoms with van der Waals surface area (Å²) in [6, 6.07) is 10.5. The van der Waals surface area contributed by atoms with Crippen molar-refractivity contribution in [1.29, 1.82) is 0 Å². The van der Waals surface area contributed by atoms with E-state index in [-0.39, 0.29) is 18.4 Å². The standard InChI is InChI=1S/C22H19ClFN3O2S/c1-26(22-25-17-8-12(23)2-7-20(17)30-22)14-4-6-19-16(10-14)15-9-13(24)3-5-18(15)27(19)11-21(28)29/h2-3,5,7-9,14H,4,6,10-11H2,1H3,(H,28,29). The Morgan fingerprint density at radius 1 is 1.37 bits per heavy atom. The van der Waals surface area contributed by atoms with Gasteiger partial charge >= 0.3 is 5.97 Å². The first-order valence-electron chi connectivity index (χ1n) is 9.71. The molecule has 0 saturated carbocycles. The summed E-state index contributed by atoms with van der Waals surface area (Å²) in [5.41, 5.74) is 3.70. The second-order valence-electron chi connectivity index (χ2n) is 7.68. The van der Waals surface area contributed by atoms with Gasteiger partial charge in [-0.1, -0.05) is 22.9 Å². The van der Waals surface area contributed by atoms with E-state index in [1.54, 1.807) is 17.4 Å². The van der Waals surface area contributed by atoms with Gasteiger partial charge in [0.05, 0.1) is 10.2 Å². The summed E-state index contributed by atoms with van der Waals surface area (Å²) >= 11 is 7.72. The number of hydrogen-bond donors (Lipinski definition) is 1. The third-order valence-electron chi connectivity index (χ3n) is 5.88. The molecule has 2 heterocycles. The molecule has 8 heteroatoms. The molecule has 1 unspecified atom stereocenters. The van der Waals surface area contributed by atoms with Gasteiger partial charge in [0.15, 0.2) is 5.13 Å². The SMILES string of the molecule is CN(c1nc2cc(Cl)ccc2s1)C1CCc2c(c3cc(F)ccc3n2CC(=O)O)C1. The van der Waals surface area contributed by atoms with E-state index in [0.29, 0.717) is 5.02 Å². The van der Waals surface area contributed by atoms with Crippen molar-refractivity contribution in [3.63, 3.8) is 0 Å². The fraction of sp³-hybridized carbons (Fsp3) is 0.273. The van der Waals surface area contributed by atoms with Gasteiger partial charge in [-0.15, -0.1) is 0 Å². The van der Waals surface area contributed by atoms with Gasteiger partial charge in [-0.25, -0.2) is 9.37 Å². The first kappa shape index (κ1) is 19.3. The van der Waals surface area contributed by atoms with Crippen molar-refractivity contribution in [2.24, 2.45) is 0 Å². The van der Waals surface area contributed by atoms with Crippen LogP contribution >= 0.6 is 22.9 Å². The molecular weight excluding hydrogens is 425 g/mol. The zero-order valence-corrected chi connectivity index (χ0v) is 17.8. The molecule has 0 amide bonds.